The number of rotatable bonds is 6. The third kappa shape index (κ3) is 5.21. The van der Waals surface area contributed by atoms with Crippen molar-refractivity contribution in [1.29, 1.82) is 0 Å². The zero-order valence-electron chi connectivity index (χ0n) is 18.8. The van der Waals surface area contributed by atoms with E-state index in [1.54, 1.807) is 42.5 Å². The van der Waals surface area contributed by atoms with E-state index in [1.165, 1.54) is 37.4 Å². The quantitative estimate of drug-likeness (QED) is 0.334. The maximum atomic E-state index is 13.4. The van der Waals surface area contributed by atoms with Gasteiger partial charge < -0.3 is 15.2 Å². The van der Waals surface area contributed by atoms with Crippen molar-refractivity contribution in [2.45, 2.75) is 12.3 Å². The first-order chi connectivity index (χ1) is 17.2. The zero-order valence-corrected chi connectivity index (χ0v) is 18.8. The fourth-order valence-corrected chi connectivity index (χ4v) is 3.53. The van der Waals surface area contributed by atoms with Gasteiger partial charge in [0.1, 0.15) is 17.5 Å². The van der Waals surface area contributed by atoms with Gasteiger partial charge in [-0.1, -0.05) is 36.4 Å². The zero-order chi connectivity index (χ0) is 25.9. The molecular formula is C26H19F3N4O3. The largest absolute Gasteiger partial charge is 0.497 e. The number of benzene rings is 3. The van der Waals surface area contributed by atoms with Crippen LogP contribution in [-0.2, 0) is 6.18 Å². The van der Waals surface area contributed by atoms with Gasteiger partial charge >= 0.3 is 6.18 Å². The van der Waals surface area contributed by atoms with E-state index in [4.69, 9.17) is 11.3 Å². The highest BCUT2D eigenvalue weighted by atomic mass is 19.4. The van der Waals surface area contributed by atoms with Crippen molar-refractivity contribution in [3.63, 3.8) is 0 Å². The number of amides is 1. The van der Waals surface area contributed by atoms with Gasteiger partial charge in [-0.25, -0.2) is 9.53 Å². The van der Waals surface area contributed by atoms with Gasteiger partial charge in [0, 0.05) is 11.8 Å². The number of nitrogens with one attached hydrogen (secondary N) is 1. The van der Waals surface area contributed by atoms with Gasteiger partial charge in [-0.3, -0.25) is 4.79 Å². The summed E-state index contributed by atoms with van der Waals surface area (Å²) < 4.78 is 46.1. The van der Waals surface area contributed by atoms with Gasteiger partial charge in [-0.15, -0.1) is 0 Å². The van der Waals surface area contributed by atoms with Crippen molar-refractivity contribution in [2.24, 2.45) is 0 Å². The van der Waals surface area contributed by atoms with E-state index >= 15 is 0 Å². The fourth-order valence-electron chi connectivity index (χ4n) is 3.53. The summed E-state index contributed by atoms with van der Waals surface area (Å²) in [5, 5.41) is 16.9. The van der Waals surface area contributed by atoms with Crippen molar-refractivity contribution in [3.8, 4) is 11.4 Å². The highest BCUT2D eigenvalue weighted by Gasteiger charge is 2.36. The van der Waals surface area contributed by atoms with Crippen LogP contribution in [0.15, 0.2) is 78.9 Å². The van der Waals surface area contributed by atoms with Crippen LogP contribution in [0.1, 0.15) is 33.4 Å². The molecule has 1 atom stereocenters. The highest BCUT2D eigenvalue weighted by molar-refractivity contribution is 6.03. The van der Waals surface area contributed by atoms with Crippen molar-refractivity contribution >= 4 is 17.3 Å². The molecular weight excluding hydrogens is 473 g/mol. The summed E-state index contributed by atoms with van der Waals surface area (Å²) in [7, 11) is 1.53. The van der Waals surface area contributed by atoms with Crippen molar-refractivity contribution < 1.29 is 27.8 Å². The van der Waals surface area contributed by atoms with E-state index in [-0.39, 0.29) is 22.8 Å². The molecule has 0 aliphatic carbocycles. The van der Waals surface area contributed by atoms with Crippen molar-refractivity contribution in [1.82, 2.24) is 9.78 Å². The predicted molar refractivity (Wildman–Crippen MR) is 126 cm³/mol. The topological polar surface area (TPSA) is 80.7 Å². The molecule has 182 valence electrons. The van der Waals surface area contributed by atoms with Crippen LogP contribution in [0.25, 0.3) is 10.5 Å². The number of hydrogen-bond donors (Lipinski definition) is 2. The minimum Gasteiger partial charge on any atom is -0.497 e. The SMILES string of the molecule is [C-]#[N+]c1cccc(-n2nc(C(F)(F)F)cc2C(=O)Nc2cccc(C(O)c3ccc(OC)cc3)c2)c1. The van der Waals surface area contributed by atoms with Crippen LogP contribution in [0.3, 0.4) is 0 Å². The molecule has 7 nitrogen and oxygen atoms in total. The second-order valence-electron chi connectivity index (χ2n) is 7.71. The summed E-state index contributed by atoms with van der Waals surface area (Å²) >= 11 is 0. The Morgan fingerprint density at radius 1 is 1.06 bits per heavy atom. The monoisotopic (exact) mass is 492 g/mol. The smallest absolute Gasteiger partial charge is 0.435 e. The maximum Gasteiger partial charge on any atom is 0.435 e. The molecule has 0 fully saturated rings. The summed E-state index contributed by atoms with van der Waals surface area (Å²) in [5.41, 5.74) is 0.0198. The molecule has 1 amide bonds. The van der Waals surface area contributed by atoms with E-state index in [0.717, 1.165) is 4.68 Å². The van der Waals surface area contributed by atoms with Crippen LogP contribution in [0.4, 0.5) is 24.5 Å². The number of aromatic nitrogens is 2. The second-order valence-corrected chi connectivity index (χ2v) is 7.71. The van der Waals surface area contributed by atoms with Gasteiger partial charge in [-0.05, 0) is 47.5 Å². The molecule has 10 heteroatoms. The molecule has 0 aliphatic heterocycles. The van der Waals surface area contributed by atoms with Crippen LogP contribution in [0, 0.1) is 6.57 Å². The molecule has 4 aromatic rings. The van der Waals surface area contributed by atoms with Crippen LogP contribution in [0.2, 0.25) is 0 Å². The van der Waals surface area contributed by atoms with Crippen molar-refractivity contribution in [3.05, 3.63) is 113 Å². The van der Waals surface area contributed by atoms with Gasteiger partial charge in [0.2, 0.25) is 0 Å². The van der Waals surface area contributed by atoms with E-state index in [9.17, 15) is 23.1 Å². The Hall–Kier alpha value is -4.62. The third-order valence-electron chi connectivity index (χ3n) is 5.33. The number of aliphatic hydroxyl groups is 1. The molecule has 0 saturated carbocycles. The lowest BCUT2D eigenvalue weighted by atomic mass is 10.0. The Morgan fingerprint density at radius 3 is 2.44 bits per heavy atom. The second kappa shape index (κ2) is 9.93. The molecule has 1 heterocycles. The number of halogens is 3. The number of aliphatic hydroxyl groups excluding tert-OH is 1. The minimum atomic E-state index is -4.78. The van der Waals surface area contributed by atoms with E-state index < -0.39 is 23.9 Å². The lowest BCUT2D eigenvalue weighted by Gasteiger charge is -2.14. The number of hydrogen-bond acceptors (Lipinski definition) is 4. The first-order valence-corrected chi connectivity index (χ1v) is 10.6. The van der Waals surface area contributed by atoms with E-state index in [2.05, 4.69) is 15.3 Å². The number of alkyl halides is 3. The molecule has 0 saturated heterocycles. The number of ether oxygens (including phenoxy) is 1. The summed E-state index contributed by atoms with van der Waals surface area (Å²) in [6.45, 7) is 7.14. The van der Waals surface area contributed by atoms with Crippen molar-refractivity contribution in [2.75, 3.05) is 12.4 Å². The average molecular weight is 492 g/mol. The van der Waals surface area contributed by atoms with Gasteiger partial charge in [0.05, 0.1) is 19.4 Å². The lowest BCUT2D eigenvalue weighted by molar-refractivity contribution is -0.141. The molecule has 36 heavy (non-hydrogen) atoms. The average Bonchev–Trinajstić information content (AvgIpc) is 3.35. The Morgan fingerprint density at radius 2 is 1.78 bits per heavy atom. The highest BCUT2D eigenvalue weighted by Crippen LogP contribution is 2.31. The number of anilines is 1. The summed E-state index contributed by atoms with van der Waals surface area (Å²) in [6, 6.07) is 19.6. The molecule has 4 rings (SSSR count). The standard InChI is InChI=1S/C26H19F3N4O3/c1-30-18-6-4-8-20(14-18)33-22(15-23(32-33)26(27,28)29)25(35)31-19-7-3-5-17(13-19)24(34)16-9-11-21(36-2)12-10-16/h3-15,24,34H,2H3,(H,31,35). The van der Waals surface area contributed by atoms with Crippen LogP contribution >= 0.6 is 0 Å². The molecule has 2 N–H and O–H groups in total. The van der Waals surface area contributed by atoms with Crippen LogP contribution in [-0.4, -0.2) is 27.9 Å². The van der Waals surface area contributed by atoms with E-state index in [0.29, 0.717) is 22.9 Å². The Bertz CT molecular complexity index is 1440. The summed E-state index contributed by atoms with van der Waals surface area (Å²) in [4.78, 5) is 16.3. The molecule has 0 bridgehead atoms. The fraction of sp³-hybridized carbons (Fsp3) is 0.115. The minimum absolute atomic E-state index is 0.132. The first kappa shape index (κ1) is 24.5. The molecule has 3 aromatic carbocycles. The van der Waals surface area contributed by atoms with Gasteiger partial charge in [0.15, 0.2) is 11.4 Å². The van der Waals surface area contributed by atoms with Gasteiger partial charge in [0.25, 0.3) is 5.91 Å². The number of carbonyl (C=O) groups excluding carboxylic acids is 1. The molecule has 0 spiro atoms. The lowest BCUT2D eigenvalue weighted by Crippen LogP contribution is -2.17. The van der Waals surface area contributed by atoms with Crippen LogP contribution < -0.4 is 10.1 Å². The normalized spacial score (nSPS) is 12.0. The number of nitrogens with zero attached hydrogens (tertiary/aromatic N) is 3. The maximum absolute atomic E-state index is 13.4. The summed E-state index contributed by atoms with van der Waals surface area (Å²) in [5.74, 6) is -0.217. The predicted octanol–water partition coefficient (Wildman–Crippen LogP) is 5.78. The molecule has 1 aromatic heterocycles. The van der Waals surface area contributed by atoms with E-state index in [1.807, 2.05) is 0 Å². The molecule has 0 aliphatic rings. The Kier molecular flexibility index (Phi) is 6.76. The number of carbonyl (C=O) groups is 1. The Balaban J connectivity index is 1.64. The van der Waals surface area contributed by atoms with Gasteiger partial charge in [-0.2, -0.15) is 18.3 Å². The summed E-state index contributed by atoms with van der Waals surface area (Å²) in [6.07, 6.45) is -5.79. The molecule has 0 radical (unpaired) electrons. The first-order valence-electron chi connectivity index (χ1n) is 10.6. The van der Waals surface area contributed by atoms with Crippen LogP contribution in [0.5, 0.6) is 5.75 Å². The Labute approximate surface area is 204 Å². The number of methoxy groups -OCH3 is 1. The molecule has 1 unspecified atom stereocenters. The third-order valence-corrected chi connectivity index (χ3v) is 5.33.